The molecule has 0 amide bonds. The van der Waals surface area contributed by atoms with Crippen molar-refractivity contribution in [2.24, 2.45) is 0 Å². The molecule has 4 nitrogen and oxygen atoms in total. The van der Waals surface area contributed by atoms with Gasteiger partial charge in [0.15, 0.2) is 17.5 Å². The third kappa shape index (κ3) is 10.1. The molecule has 2 aromatic heterocycles. The molecule has 0 aliphatic rings. The third-order valence-corrected chi connectivity index (χ3v) is 16.0. The molecular formula is C81H56N4. The van der Waals surface area contributed by atoms with Gasteiger partial charge in [-0.15, -0.1) is 0 Å². The van der Waals surface area contributed by atoms with Gasteiger partial charge in [-0.05, 0) is 114 Å². The van der Waals surface area contributed by atoms with Crippen molar-refractivity contribution >= 4 is 27.4 Å². The minimum atomic E-state index is 0.555. The molecule has 0 aliphatic carbocycles. The van der Waals surface area contributed by atoms with Crippen LogP contribution in [0.2, 0.25) is 0 Å². The Bertz CT molecular complexity index is 4570. The van der Waals surface area contributed by atoms with Crippen molar-refractivity contribution in [3.8, 4) is 118 Å². The van der Waals surface area contributed by atoms with Gasteiger partial charge in [-0.3, -0.25) is 0 Å². The van der Waals surface area contributed by atoms with Crippen molar-refractivity contribution in [1.82, 2.24) is 19.5 Å². The Labute approximate surface area is 496 Å². The Hall–Kier alpha value is -11.3. The fourth-order valence-corrected chi connectivity index (χ4v) is 11.9. The van der Waals surface area contributed by atoms with Crippen molar-refractivity contribution in [3.63, 3.8) is 0 Å². The largest absolute Gasteiger partial charge is 0.308 e. The zero-order valence-corrected chi connectivity index (χ0v) is 46.7. The van der Waals surface area contributed by atoms with E-state index in [1.54, 1.807) is 0 Å². The van der Waals surface area contributed by atoms with E-state index in [-0.39, 0.29) is 0 Å². The van der Waals surface area contributed by atoms with Crippen LogP contribution in [0.5, 0.6) is 0 Å². The summed E-state index contributed by atoms with van der Waals surface area (Å²) >= 11 is 0. The second-order valence-corrected chi connectivity index (χ2v) is 21.2. The monoisotopic (exact) mass is 1080 g/mol. The molecule has 14 rings (SSSR count). The summed E-state index contributed by atoms with van der Waals surface area (Å²) in [7, 11) is 0. The molecule has 0 aliphatic heterocycles. The van der Waals surface area contributed by atoms with E-state index in [4.69, 9.17) is 15.0 Å². The fraction of sp³-hybridized carbons (Fsp3) is 0. The summed E-state index contributed by atoms with van der Waals surface area (Å²) in [5.74, 6) is 1.73. The van der Waals surface area contributed by atoms with E-state index in [0.717, 1.165) is 133 Å². The third-order valence-electron chi connectivity index (χ3n) is 16.0. The summed E-state index contributed by atoms with van der Waals surface area (Å²) < 4.78 is 2.57. The summed E-state index contributed by atoms with van der Waals surface area (Å²) in [4.78, 5) is 16.0. The average molecular weight is 1090 g/mol. The number of fused-ring (bicyclic) bond motifs is 3. The first-order valence-electron chi connectivity index (χ1n) is 28.7. The first kappa shape index (κ1) is 51.8. The molecule has 85 heavy (non-hydrogen) atoms. The lowest BCUT2D eigenvalue weighted by atomic mass is 9.90. The van der Waals surface area contributed by atoms with Crippen molar-refractivity contribution < 1.29 is 0 Å². The predicted molar refractivity (Wildman–Crippen MR) is 357 cm³/mol. The molecule has 0 bridgehead atoms. The molecule has 400 valence electrons. The highest BCUT2D eigenvalue weighted by Crippen LogP contribution is 2.50. The van der Waals surface area contributed by atoms with E-state index in [9.17, 15) is 0 Å². The molecule has 14 aromatic rings. The van der Waals surface area contributed by atoms with Crippen molar-refractivity contribution in [2.75, 3.05) is 0 Å². The number of hydrogen-bond donors (Lipinski definition) is 0. The van der Waals surface area contributed by atoms with Crippen LogP contribution in [0.3, 0.4) is 0 Å². The lowest BCUT2D eigenvalue weighted by molar-refractivity contribution is 1.07. The number of hydrogen-bond acceptors (Lipinski definition) is 3. The number of allylic oxidation sites excluding steroid dienone is 4. The van der Waals surface area contributed by atoms with Crippen LogP contribution in [0.1, 0.15) is 5.56 Å². The maximum absolute atomic E-state index is 5.41. The summed E-state index contributed by atoms with van der Waals surface area (Å²) in [5.41, 5.74) is 23.0. The van der Waals surface area contributed by atoms with E-state index >= 15 is 0 Å². The minimum absolute atomic E-state index is 0.555. The highest BCUT2D eigenvalue weighted by molar-refractivity contribution is 6.23. The standard InChI is InChI=1S/C81H56N4/c1-3-26-55(4-2)59-41-45-63(46-42-59)72-51-69(81-83-79(65-37-22-10-23-38-65)82-80(84-81)66-39-24-11-25-40-66)52-73(64-47-43-60(44-48-64)56-27-12-5-13-28-56)78(72)85-74-53-67(57-29-14-6-15-30-57)49-70(61-33-18-8-19-34-61)76(74)77-71(62-35-20-9-21-36-62)50-68(54-75(77)85)58-31-16-7-17-32-58/h3-54H,1-2H2/b55-26+. The molecule has 0 saturated carbocycles. The normalized spacial score (nSPS) is 11.5. The summed E-state index contributed by atoms with van der Waals surface area (Å²) in [5, 5.41) is 2.30. The molecule has 2 heterocycles. The van der Waals surface area contributed by atoms with Crippen molar-refractivity contribution in [3.05, 3.63) is 334 Å². The molecule has 0 unspecified atom stereocenters. The van der Waals surface area contributed by atoms with Crippen molar-refractivity contribution in [2.45, 2.75) is 0 Å². The van der Waals surface area contributed by atoms with E-state index in [2.05, 4.69) is 279 Å². The summed E-state index contributed by atoms with van der Waals surface area (Å²) in [6.45, 7) is 8.23. The average Bonchev–Trinajstić information content (AvgIpc) is 1.64. The van der Waals surface area contributed by atoms with Crippen LogP contribution in [0, 0.1) is 0 Å². The molecule has 12 aromatic carbocycles. The quantitative estimate of drug-likeness (QED) is 0.102. The Balaban J connectivity index is 1.19. The van der Waals surface area contributed by atoms with Gasteiger partial charge in [0, 0.05) is 38.6 Å². The van der Waals surface area contributed by atoms with Gasteiger partial charge in [0.05, 0.1) is 16.7 Å². The van der Waals surface area contributed by atoms with Crippen molar-refractivity contribution in [1.29, 1.82) is 0 Å². The Morgan fingerprint density at radius 1 is 0.282 bits per heavy atom. The molecule has 4 heteroatoms. The molecule has 0 atom stereocenters. The first-order chi connectivity index (χ1) is 42.1. The van der Waals surface area contributed by atoms with Crippen LogP contribution in [0.4, 0.5) is 0 Å². The fourth-order valence-electron chi connectivity index (χ4n) is 11.9. The highest BCUT2D eigenvalue weighted by atomic mass is 15.0. The van der Waals surface area contributed by atoms with Gasteiger partial charge in [-0.2, -0.15) is 0 Å². The lowest BCUT2D eigenvalue weighted by Crippen LogP contribution is -2.04. The van der Waals surface area contributed by atoms with Gasteiger partial charge < -0.3 is 4.57 Å². The van der Waals surface area contributed by atoms with Gasteiger partial charge in [-0.25, -0.2) is 15.0 Å². The van der Waals surface area contributed by atoms with Crippen LogP contribution in [0.15, 0.2) is 329 Å². The van der Waals surface area contributed by atoms with E-state index in [1.165, 1.54) is 0 Å². The highest BCUT2D eigenvalue weighted by Gasteiger charge is 2.28. The second kappa shape index (κ2) is 22.9. The SMILES string of the molecule is C=C/C=C(\C=C)c1ccc(-c2cc(-c3nc(-c4ccccc4)nc(-c4ccccc4)n3)cc(-c3ccc(-c4ccccc4)cc3)c2-n2c3cc(-c4ccccc4)cc(-c4ccccc4)c3c3c(-c4ccccc4)cc(-c4ccccc4)cc32)cc1. The first-order valence-corrected chi connectivity index (χ1v) is 28.7. The zero-order valence-electron chi connectivity index (χ0n) is 46.7. The van der Waals surface area contributed by atoms with Crippen LogP contribution in [-0.2, 0) is 0 Å². The lowest BCUT2D eigenvalue weighted by Gasteiger charge is -2.22. The number of benzene rings is 12. The maximum Gasteiger partial charge on any atom is 0.164 e. The Kier molecular flexibility index (Phi) is 14.0. The molecule has 0 radical (unpaired) electrons. The van der Waals surface area contributed by atoms with E-state index < -0.39 is 0 Å². The molecule has 0 N–H and O–H groups in total. The minimum Gasteiger partial charge on any atom is -0.308 e. The topological polar surface area (TPSA) is 43.6 Å². The maximum atomic E-state index is 5.41. The van der Waals surface area contributed by atoms with E-state index in [1.807, 2.05) is 54.6 Å². The molecule has 0 fully saturated rings. The second-order valence-electron chi connectivity index (χ2n) is 21.2. The van der Waals surface area contributed by atoms with Crippen LogP contribution in [-0.4, -0.2) is 19.5 Å². The van der Waals surface area contributed by atoms with E-state index in [0.29, 0.717) is 17.5 Å². The Morgan fingerprint density at radius 3 is 0.953 bits per heavy atom. The molecule has 0 spiro atoms. The molecule has 0 saturated heterocycles. The van der Waals surface area contributed by atoms with Gasteiger partial charge in [-0.1, -0.05) is 292 Å². The predicted octanol–water partition coefficient (Wildman–Crippen LogP) is 21.4. The Morgan fingerprint density at radius 2 is 0.576 bits per heavy atom. The zero-order chi connectivity index (χ0) is 57.1. The van der Waals surface area contributed by atoms with Crippen LogP contribution < -0.4 is 0 Å². The van der Waals surface area contributed by atoms with Crippen LogP contribution >= 0.6 is 0 Å². The molecular weight excluding hydrogens is 1030 g/mol. The number of nitrogens with zero attached hydrogens (tertiary/aromatic N) is 4. The van der Waals surface area contributed by atoms with Gasteiger partial charge in [0.2, 0.25) is 0 Å². The summed E-state index contributed by atoms with van der Waals surface area (Å²) in [6, 6.07) is 106. The van der Waals surface area contributed by atoms with Gasteiger partial charge in [0.1, 0.15) is 0 Å². The van der Waals surface area contributed by atoms with Gasteiger partial charge in [0.25, 0.3) is 0 Å². The van der Waals surface area contributed by atoms with Crippen LogP contribution in [0.25, 0.3) is 145 Å². The summed E-state index contributed by atoms with van der Waals surface area (Å²) in [6.07, 6.45) is 5.70. The number of rotatable bonds is 14. The number of aromatic nitrogens is 4. The van der Waals surface area contributed by atoms with Gasteiger partial charge >= 0.3 is 0 Å². The smallest absolute Gasteiger partial charge is 0.164 e.